The first-order valence-electron chi connectivity index (χ1n) is 5.34. The van der Waals surface area contributed by atoms with Crippen LogP contribution in [0.3, 0.4) is 0 Å². The van der Waals surface area contributed by atoms with Crippen molar-refractivity contribution in [1.82, 2.24) is 5.32 Å². The number of carboxylic acids is 1. The lowest BCUT2D eigenvalue weighted by Crippen LogP contribution is -2.29. The third kappa shape index (κ3) is 4.40. The van der Waals surface area contributed by atoms with Crippen LogP contribution in [0, 0.1) is 5.82 Å². The molecule has 1 rings (SSSR count). The largest absolute Gasteiger partial charge is 0.496 e. The predicted octanol–water partition coefficient (Wildman–Crippen LogP) is 0.968. The van der Waals surface area contributed by atoms with Gasteiger partial charge in [-0.2, -0.15) is 0 Å². The lowest BCUT2D eigenvalue weighted by atomic mass is 10.1. The van der Waals surface area contributed by atoms with E-state index in [1.807, 2.05) is 0 Å². The van der Waals surface area contributed by atoms with Gasteiger partial charge < -0.3 is 15.2 Å². The van der Waals surface area contributed by atoms with Crippen molar-refractivity contribution < 1.29 is 23.8 Å². The van der Waals surface area contributed by atoms with E-state index in [4.69, 9.17) is 9.84 Å². The summed E-state index contributed by atoms with van der Waals surface area (Å²) < 4.78 is 18.1. The molecule has 0 unspecified atom stereocenters. The molecule has 0 bridgehead atoms. The van der Waals surface area contributed by atoms with E-state index in [1.54, 1.807) is 0 Å². The molecule has 0 aliphatic carbocycles. The van der Waals surface area contributed by atoms with Crippen molar-refractivity contribution in [3.63, 3.8) is 0 Å². The Balaban J connectivity index is 2.54. The molecule has 0 saturated heterocycles. The number of hydrogen-bond donors (Lipinski definition) is 2. The van der Waals surface area contributed by atoms with Crippen molar-refractivity contribution in [2.24, 2.45) is 0 Å². The van der Waals surface area contributed by atoms with Gasteiger partial charge >= 0.3 is 5.97 Å². The second-order valence-electron chi connectivity index (χ2n) is 3.63. The van der Waals surface area contributed by atoms with Crippen molar-refractivity contribution in [1.29, 1.82) is 0 Å². The zero-order valence-corrected chi connectivity index (χ0v) is 9.90. The Bertz CT molecular complexity index is 448. The maximum Gasteiger partial charge on any atom is 0.322 e. The zero-order valence-electron chi connectivity index (χ0n) is 9.90. The van der Waals surface area contributed by atoms with Crippen LogP contribution in [0.5, 0.6) is 5.75 Å². The monoisotopic (exact) mass is 255 g/mol. The first kappa shape index (κ1) is 14.0. The molecule has 0 aliphatic rings. The minimum atomic E-state index is -1.10. The van der Waals surface area contributed by atoms with E-state index >= 15 is 0 Å². The van der Waals surface area contributed by atoms with Gasteiger partial charge in [0.25, 0.3) is 0 Å². The Labute approximate surface area is 104 Å². The van der Waals surface area contributed by atoms with Gasteiger partial charge in [-0.05, 0) is 30.2 Å². The molecule has 0 heterocycles. The third-order valence-corrected chi connectivity index (χ3v) is 2.30. The van der Waals surface area contributed by atoms with Crippen molar-refractivity contribution in [2.75, 3.05) is 13.7 Å². The highest BCUT2D eigenvalue weighted by molar-refractivity contribution is 5.81. The molecule has 1 aromatic rings. The Morgan fingerprint density at radius 3 is 2.78 bits per heavy atom. The number of carbonyl (C=O) groups is 2. The Morgan fingerprint density at radius 1 is 1.44 bits per heavy atom. The van der Waals surface area contributed by atoms with Crippen LogP contribution in [0.15, 0.2) is 18.2 Å². The van der Waals surface area contributed by atoms with Crippen LogP contribution >= 0.6 is 0 Å². The lowest BCUT2D eigenvalue weighted by Gasteiger charge is -2.08. The summed E-state index contributed by atoms with van der Waals surface area (Å²) in [5.74, 6) is -1.41. The molecule has 18 heavy (non-hydrogen) atoms. The maximum atomic E-state index is 13.0. The van der Waals surface area contributed by atoms with E-state index in [9.17, 15) is 14.0 Å². The van der Waals surface area contributed by atoms with Crippen molar-refractivity contribution >= 4 is 11.9 Å². The van der Waals surface area contributed by atoms with Gasteiger partial charge in [0.1, 0.15) is 18.1 Å². The van der Waals surface area contributed by atoms with Crippen LogP contribution < -0.4 is 10.1 Å². The molecule has 0 spiro atoms. The summed E-state index contributed by atoms with van der Waals surface area (Å²) in [5, 5.41) is 10.6. The second-order valence-corrected chi connectivity index (χ2v) is 3.63. The van der Waals surface area contributed by atoms with E-state index in [2.05, 4.69) is 5.32 Å². The van der Waals surface area contributed by atoms with E-state index in [0.29, 0.717) is 11.3 Å². The predicted molar refractivity (Wildman–Crippen MR) is 61.9 cm³/mol. The number of rotatable bonds is 6. The summed E-state index contributed by atoms with van der Waals surface area (Å²) >= 11 is 0. The third-order valence-electron chi connectivity index (χ3n) is 2.30. The molecule has 0 fully saturated rings. The molecular weight excluding hydrogens is 241 g/mol. The molecule has 0 radical (unpaired) electrons. The standard InChI is InChI=1S/C12H14FNO4/c1-18-10-4-3-9(13)6-8(10)2-5-11(15)14-7-12(16)17/h3-4,6H,2,5,7H2,1H3,(H,14,15)(H,16,17). The number of carbonyl (C=O) groups excluding carboxylic acids is 1. The Morgan fingerprint density at radius 2 is 2.17 bits per heavy atom. The van der Waals surface area contributed by atoms with Gasteiger partial charge in [0.2, 0.25) is 5.91 Å². The number of halogens is 1. The summed E-state index contributed by atoms with van der Waals surface area (Å²) in [6, 6.07) is 4.05. The Hall–Kier alpha value is -2.11. The van der Waals surface area contributed by atoms with Gasteiger partial charge in [-0.25, -0.2) is 4.39 Å². The summed E-state index contributed by atoms with van der Waals surface area (Å²) in [5.41, 5.74) is 0.572. The molecule has 2 N–H and O–H groups in total. The summed E-state index contributed by atoms with van der Waals surface area (Å²) in [6.07, 6.45) is 0.361. The lowest BCUT2D eigenvalue weighted by molar-refractivity contribution is -0.137. The summed E-state index contributed by atoms with van der Waals surface area (Å²) in [4.78, 5) is 21.5. The highest BCUT2D eigenvalue weighted by Gasteiger charge is 2.08. The normalized spacial score (nSPS) is 9.89. The zero-order chi connectivity index (χ0) is 13.5. The molecule has 0 atom stereocenters. The van der Waals surface area contributed by atoms with E-state index < -0.39 is 24.2 Å². The van der Waals surface area contributed by atoms with Crippen molar-refractivity contribution in [3.8, 4) is 5.75 Å². The van der Waals surface area contributed by atoms with Gasteiger partial charge in [0, 0.05) is 6.42 Å². The maximum absolute atomic E-state index is 13.0. The first-order chi connectivity index (χ1) is 8.52. The quantitative estimate of drug-likeness (QED) is 0.794. The molecule has 6 heteroatoms. The van der Waals surface area contributed by atoms with Crippen molar-refractivity contribution in [3.05, 3.63) is 29.6 Å². The fourth-order valence-corrected chi connectivity index (χ4v) is 1.45. The van der Waals surface area contributed by atoms with Gasteiger partial charge in [-0.1, -0.05) is 0 Å². The fraction of sp³-hybridized carbons (Fsp3) is 0.333. The highest BCUT2D eigenvalue weighted by Crippen LogP contribution is 2.20. The molecule has 0 aliphatic heterocycles. The van der Waals surface area contributed by atoms with Gasteiger partial charge in [0.05, 0.1) is 7.11 Å². The highest BCUT2D eigenvalue weighted by atomic mass is 19.1. The molecule has 5 nitrogen and oxygen atoms in total. The molecule has 1 amide bonds. The average molecular weight is 255 g/mol. The topological polar surface area (TPSA) is 75.6 Å². The number of methoxy groups -OCH3 is 1. The first-order valence-corrected chi connectivity index (χ1v) is 5.34. The average Bonchev–Trinajstić information content (AvgIpc) is 2.34. The summed E-state index contributed by atoms with van der Waals surface area (Å²) in [7, 11) is 1.46. The van der Waals surface area contributed by atoms with Crippen LogP contribution in [-0.2, 0) is 16.0 Å². The molecule has 98 valence electrons. The van der Waals surface area contributed by atoms with Crippen LogP contribution in [0.4, 0.5) is 4.39 Å². The van der Waals surface area contributed by atoms with Crippen LogP contribution in [0.1, 0.15) is 12.0 Å². The van der Waals surface area contributed by atoms with Gasteiger partial charge in [-0.15, -0.1) is 0 Å². The van der Waals surface area contributed by atoms with Crippen molar-refractivity contribution in [2.45, 2.75) is 12.8 Å². The SMILES string of the molecule is COc1ccc(F)cc1CCC(=O)NCC(=O)O. The summed E-state index contributed by atoms with van der Waals surface area (Å²) in [6.45, 7) is -0.418. The smallest absolute Gasteiger partial charge is 0.322 e. The van der Waals surface area contributed by atoms with Gasteiger partial charge in [-0.3, -0.25) is 9.59 Å². The number of benzene rings is 1. The van der Waals surface area contributed by atoms with E-state index in [-0.39, 0.29) is 12.8 Å². The number of carboxylic acid groups (broad SMARTS) is 1. The van der Waals surface area contributed by atoms with E-state index in [1.165, 1.54) is 25.3 Å². The number of nitrogens with one attached hydrogen (secondary N) is 1. The number of hydrogen-bond acceptors (Lipinski definition) is 3. The molecular formula is C12H14FNO4. The fourth-order valence-electron chi connectivity index (χ4n) is 1.45. The number of ether oxygens (including phenoxy) is 1. The number of aryl methyl sites for hydroxylation is 1. The minimum absolute atomic E-state index is 0.0765. The van der Waals surface area contributed by atoms with Crippen LogP contribution in [0.2, 0.25) is 0 Å². The minimum Gasteiger partial charge on any atom is -0.496 e. The molecule has 1 aromatic carbocycles. The second kappa shape index (κ2) is 6.58. The molecule has 0 aromatic heterocycles. The van der Waals surface area contributed by atoms with E-state index in [0.717, 1.165) is 0 Å². The number of amides is 1. The van der Waals surface area contributed by atoms with Crippen LogP contribution in [-0.4, -0.2) is 30.6 Å². The Kier molecular flexibility index (Phi) is 5.10. The number of aliphatic carboxylic acids is 1. The van der Waals surface area contributed by atoms with Gasteiger partial charge in [0.15, 0.2) is 0 Å². The molecule has 0 saturated carbocycles. The van der Waals surface area contributed by atoms with Crippen LogP contribution in [0.25, 0.3) is 0 Å².